The fraction of sp³-hybridized carbons (Fsp3) is 0.0952. The van der Waals surface area contributed by atoms with Crippen LogP contribution < -0.4 is 4.90 Å². The molecule has 26 heavy (non-hydrogen) atoms. The molecule has 0 saturated carbocycles. The van der Waals surface area contributed by atoms with Crippen LogP contribution in [0.25, 0.3) is 0 Å². The van der Waals surface area contributed by atoms with Crippen LogP contribution in [0.1, 0.15) is 5.56 Å². The Kier molecular flexibility index (Phi) is 6.81. The van der Waals surface area contributed by atoms with Gasteiger partial charge in [0.25, 0.3) is 0 Å². The van der Waals surface area contributed by atoms with Crippen molar-refractivity contribution in [2.45, 2.75) is 6.42 Å². The minimum atomic E-state index is 0.0231. The first-order chi connectivity index (χ1) is 12.9. The molecule has 0 atom stereocenters. The molecule has 0 fully saturated rings. The third kappa shape index (κ3) is 4.94. The Balaban J connectivity index is 0.000000159. The van der Waals surface area contributed by atoms with Gasteiger partial charge < -0.3 is 0 Å². The first-order valence-corrected chi connectivity index (χ1v) is 10.2. The zero-order valence-corrected chi connectivity index (χ0v) is 15.9. The van der Waals surface area contributed by atoms with E-state index in [0.29, 0.717) is 0 Å². The van der Waals surface area contributed by atoms with E-state index in [4.69, 9.17) is 0 Å². The van der Waals surface area contributed by atoms with Gasteiger partial charge in [-0.3, -0.25) is 9.47 Å². The molecule has 1 aromatic carbocycles. The van der Waals surface area contributed by atoms with Crippen molar-refractivity contribution in [2.75, 3.05) is 11.4 Å². The largest absolute Gasteiger partial charge is 0.332 e. The maximum Gasteiger partial charge on any atom is 0.332 e. The predicted octanol–water partition coefficient (Wildman–Crippen LogP) is 6.02. The number of nitrogens with zero attached hydrogens (tertiary/aromatic N) is 2. The molecule has 0 unspecified atom stereocenters. The van der Waals surface area contributed by atoms with Crippen molar-refractivity contribution >= 4 is 34.4 Å². The number of benzene rings is 1. The summed E-state index contributed by atoms with van der Waals surface area (Å²) in [6.45, 7) is 0.774. The molecular formula is C21H20N2OS2. The second-order valence-corrected chi connectivity index (χ2v) is 7.12. The van der Waals surface area contributed by atoms with Gasteiger partial charge >= 0.3 is 6.03 Å². The molecule has 1 aliphatic rings. The lowest BCUT2D eigenvalue weighted by atomic mass is 10.2. The number of carbonyl (C=O) groups is 1. The molecule has 5 heteroatoms. The predicted molar refractivity (Wildman–Crippen MR) is 111 cm³/mol. The van der Waals surface area contributed by atoms with Crippen LogP contribution in [0.2, 0.25) is 0 Å². The molecule has 4 aromatic rings. The minimum Gasteiger partial charge on any atom is -0.293 e. The van der Waals surface area contributed by atoms with Gasteiger partial charge in [-0.2, -0.15) is 22.7 Å². The molecule has 0 aliphatic carbocycles. The van der Waals surface area contributed by atoms with Crippen molar-refractivity contribution < 1.29 is 4.79 Å². The van der Waals surface area contributed by atoms with E-state index in [-0.39, 0.29) is 6.03 Å². The average molecular weight is 381 g/mol. The van der Waals surface area contributed by atoms with Crippen LogP contribution in [0, 0.1) is 0 Å². The summed E-state index contributed by atoms with van der Waals surface area (Å²) in [4.78, 5) is 14.0. The van der Waals surface area contributed by atoms with Crippen LogP contribution in [0.4, 0.5) is 10.5 Å². The van der Waals surface area contributed by atoms with Crippen LogP contribution in [0.15, 0.2) is 94.6 Å². The molecule has 0 bridgehead atoms. The number of aromatic nitrogens is 1. The summed E-state index contributed by atoms with van der Waals surface area (Å²) in [7, 11) is 0. The van der Waals surface area contributed by atoms with Crippen LogP contribution >= 0.6 is 22.7 Å². The molecule has 5 rings (SSSR count). The Morgan fingerprint density at radius 2 is 1.35 bits per heavy atom. The highest BCUT2D eigenvalue weighted by Gasteiger charge is 2.24. The van der Waals surface area contributed by atoms with Gasteiger partial charge in [0.05, 0.1) is 0 Å². The molecule has 0 N–H and O–H groups in total. The Hall–Kier alpha value is -2.63. The first-order valence-electron chi connectivity index (χ1n) is 8.33. The molecule has 3 aromatic heterocycles. The van der Waals surface area contributed by atoms with Crippen molar-refractivity contribution in [3.05, 3.63) is 100 Å². The smallest absolute Gasteiger partial charge is 0.293 e. The molecule has 1 amide bonds. The SMILES string of the molecule is O=C(N1CCc2ccccc21)n1cccc1.c1ccsc1.c1ccsc1. The summed E-state index contributed by atoms with van der Waals surface area (Å²) >= 11 is 3.43. The first kappa shape index (κ1) is 18.2. The number of para-hydroxylation sites is 1. The number of hydrogen-bond acceptors (Lipinski definition) is 3. The molecule has 0 spiro atoms. The molecule has 0 saturated heterocycles. The van der Waals surface area contributed by atoms with Crippen molar-refractivity contribution in [1.29, 1.82) is 0 Å². The summed E-state index contributed by atoms with van der Waals surface area (Å²) in [5.41, 5.74) is 2.30. The third-order valence-electron chi connectivity index (χ3n) is 3.79. The normalized spacial score (nSPS) is 11.6. The fourth-order valence-corrected chi connectivity index (χ4v) is 3.50. The number of rotatable bonds is 0. The fourth-order valence-electron chi connectivity index (χ4n) is 2.59. The van der Waals surface area contributed by atoms with Crippen molar-refractivity contribution in [3.63, 3.8) is 0 Å². The lowest BCUT2D eigenvalue weighted by molar-refractivity contribution is 0.248. The van der Waals surface area contributed by atoms with E-state index in [1.165, 1.54) is 5.56 Å². The average Bonchev–Trinajstić information content (AvgIpc) is 3.50. The number of fused-ring (bicyclic) bond motifs is 1. The zero-order valence-electron chi connectivity index (χ0n) is 14.3. The molecule has 4 heterocycles. The number of thiophene rings is 2. The van der Waals surface area contributed by atoms with E-state index >= 15 is 0 Å². The van der Waals surface area contributed by atoms with Gasteiger partial charge in [-0.05, 0) is 51.7 Å². The molecule has 1 aliphatic heterocycles. The van der Waals surface area contributed by atoms with E-state index in [9.17, 15) is 4.79 Å². The lowest BCUT2D eigenvalue weighted by Crippen LogP contribution is -2.32. The summed E-state index contributed by atoms with van der Waals surface area (Å²) in [5.74, 6) is 0. The van der Waals surface area contributed by atoms with Gasteiger partial charge in [0, 0.05) is 24.6 Å². The zero-order chi connectivity index (χ0) is 18.0. The topological polar surface area (TPSA) is 25.2 Å². The summed E-state index contributed by atoms with van der Waals surface area (Å²) in [6, 6.07) is 19.9. The lowest BCUT2D eigenvalue weighted by Gasteiger charge is -2.17. The quantitative estimate of drug-likeness (QED) is 0.366. The van der Waals surface area contributed by atoms with Crippen LogP contribution in [0.3, 0.4) is 0 Å². The van der Waals surface area contributed by atoms with E-state index in [2.05, 4.69) is 6.07 Å². The van der Waals surface area contributed by atoms with Gasteiger partial charge in [-0.15, -0.1) is 0 Å². The summed E-state index contributed by atoms with van der Waals surface area (Å²) in [5, 5.41) is 8.17. The van der Waals surface area contributed by atoms with E-state index in [1.807, 2.05) is 81.0 Å². The van der Waals surface area contributed by atoms with E-state index < -0.39 is 0 Å². The highest BCUT2D eigenvalue weighted by Crippen LogP contribution is 2.27. The Labute approximate surface area is 161 Å². The Morgan fingerprint density at radius 3 is 1.88 bits per heavy atom. The maximum atomic E-state index is 12.2. The monoisotopic (exact) mass is 380 g/mol. The molecule has 132 valence electrons. The van der Waals surface area contributed by atoms with Crippen LogP contribution in [-0.4, -0.2) is 17.1 Å². The highest BCUT2D eigenvalue weighted by atomic mass is 32.1. The highest BCUT2D eigenvalue weighted by molar-refractivity contribution is 7.08. The summed E-state index contributed by atoms with van der Waals surface area (Å²) in [6.07, 6.45) is 4.51. The van der Waals surface area contributed by atoms with Crippen LogP contribution in [-0.2, 0) is 6.42 Å². The Morgan fingerprint density at radius 1 is 0.769 bits per heavy atom. The molecule has 0 radical (unpaired) electrons. The standard InChI is InChI=1S/C13H12N2O.2C4H4S/c16-13(14-8-3-4-9-14)15-10-7-11-5-1-2-6-12(11)15;2*1-2-4-5-3-1/h1-6,8-9H,7,10H2;2*1-4H. The third-order valence-corrected chi connectivity index (χ3v) is 5.05. The maximum absolute atomic E-state index is 12.2. The van der Waals surface area contributed by atoms with Crippen LogP contribution in [0.5, 0.6) is 0 Å². The number of anilines is 1. The van der Waals surface area contributed by atoms with Gasteiger partial charge in [-0.1, -0.05) is 42.5 Å². The van der Waals surface area contributed by atoms with Crippen molar-refractivity contribution in [3.8, 4) is 0 Å². The number of amides is 1. The van der Waals surface area contributed by atoms with Gasteiger partial charge in [0.2, 0.25) is 0 Å². The van der Waals surface area contributed by atoms with Crippen molar-refractivity contribution in [1.82, 2.24) is 4.57 Å². The number of hydrogen-bond donors (Lipinski definition) is 0. The van der Waals surface area contributed by atoms with Gasteiger partial charge in [0.15, 0.2) is 0 Å². The minimum absolute atomic E-state index is 0.0231. The molecular weight excluding hydrogens is 360 g/mol. The van der Waals surface area contributed by atoms with Gasteiger partial charge in [-0.25, -0.2) is 4.79 Å². The second-order valence-electron chi connectivity index (χ2n) is 5.49. The Bertz CT molecular complexity index is 808. The van der Waals surface area contributed by atoms with Crippen molar-refractivity contribution in [2.24, 2.45) is 0 Å². The number of carbonyl (C=O) groups excluding carboxylic acids is 1. The molecule has 3 nitrogen and oxygen atoms in total. The van der Waals surface area contributed by atoms with E-state index in [1.54, 1.807) is 39.6 Å². The summed E-state index contributed by atoms with van der Waals surface area (Å²) < 4.78 is 1.61. The van der Waals surface area contributed by atoms with E-state index in [0.717, 1.165) is 18.7 Å². The second kappa shape index (κ2) is 9.75. The van der Waals surface area contributed by atoms with Gasteiger partial charge in [0.1, 0.15) is 0 Å².